The molecule has 4 rings (SSSR count). The van der Waals surface area contributed by atoms with E-state index in [4.69, 9.17) is 0 Å². The van der Waals surface area contributed by atoms with Gasteiger partial charge in [0.2, 0.25) is 0 Å². The minimum absolute atomic E-state index is 0.162. The number of hydrogen-bond acceptors (Lipinski definition) is 4. The molecule has 0 aliphatic carbocycles. The summed E-state index contributed by atoms with van der Waals surface area (Å²) in [4.78, 5) is 15.9. The average molecular weight is 673 g/mol. The second-order valence-corrected chi connectivity index (χ2v) is 10.1. The molecule has 252 valence electrons. The zero-order valence-electron chi connectivity index (χ0n) is 25.7. The number of aliphatic imine (C=N–C) groups is 4. The van der Waals surface area contributed by atoms with Crippen LogP contribution in [0.5, 0.6) is 0 Å². The predicted octanol–water partition coefficient (Wildman–Crippen LogP) is 9.12. The molecule has 0 bridgehead atoms. The fraction of sp³-hybridized carbons (Fsp3) is 0.222. The van der Waals surface area contributed by atoms with E-state index in [1.807, 2.05) is 0 Å². The molecule has 4 aromatic rings. The summed E-state index contributed by atoms with van der Waals surface area (Å²) < 4.78 is 107. The SMILES string of the molecule is Fc1cccc(F)c1C=NCCCCN=Cc1c(F)cccc1F.Fc1cccc(F)c1C=NCCCCN=Cc1c(F)cccc1F. The van der Waals surface area contributed by atoms with Crippen molar-refractivity contribution in [1.29, 1.82) is 0 Å². The average Bonchev–Trinajstić information content (AvgIpc) is 3.05. The second-order valence-electron chi connectivity index (χ2n) is 10.1. The molecule has 0 fully saturated rings. The molecule has 48 heavy (non-hydrogen) atoms. The van der Waals surface area contributed by atoms with E-state index in [-0.39, 0.29) is 22.3 Å². The third-order valence-corrected chi connectivity index (χ3v) is 6.53. The molecule has 0 N–H and O–H groups in total. The quantitative estimate of drug-likeness (QED) is 0.0729. The van der Waals surface area contributed by atoms with Gasteiger partial charge in [-0.1, -0.05) is 24.3 Å². The lowest BCUT2D eigenvalue weighted by molar-refractivity contribution is 0.579. The van der Waals surface area contributed by atoms with Crippen LogP contribution in [0.3, 0.4) is 0 Å². The molecular formula is C36H32F8N4. The van der Waals surface area contributed by atoms with Crippen molar-refractivity contribution in [2.75, 3.05) is 26.2 Å². The fourth-order valence-electron chi connectivity index (χ4n) is 3.97. The molecule has 0 spiro atoms. The fourth-order valence-corrected chi connectivity index (χ4v) is 3.97. The molecule has 0 saturated carbocycles. The smallest absolute Gasteiger partial charge is 0.134 e. The predicted molar refractivity (Wildman–Crippen MR) is 174 cm³/mol. The van der Waals surface area contributed by atoms with Gasteiger partial charge in [0.25, 0.3) is 0 Å². The van der Waals surface area contributed by atoms with E-state index in [2.05, 4.69) is 20.0 Å². The molecular weight excluding hydrogens is 640 g/mol. The molecule has 0 aliphatic rings. The van der Waals surface area contributed by atoms with E-state index in [1.54, 1.807) is 0 Å². The first-order chi connectivity index (χ1) is 23.2. The van der Waals surface area contributed by atoms with Crippen LogP contribution in [0.15, 0.2) is 92.8 Å². The zero-order valence-corrected chi connectivity index (χ0v) is 25.7. The van der Waals surface area contributed by atoms with Crippen molar-refractivity contribution in [3.8, 4) is 0 Å². The summed E-state index contributed by atoms with van der Waals surface area (Å²) in [5.74, 6) is -5.26. The van der Waals surface area contributed by atoms with Gasteiger partial charge in [0.15, 0.2) is 0 Å². The summed E-state index contributed by atoms with van der Waals surface area (Å²) in [6, 6.07) is 14.5. The second kappa shape index (κ2) is 20.3. The zero-order chi connectivity index (χ0) is 34.7. The van der Waals surface area contributed by atoms with Gasteiger partial charge in [-0.3, -0.25) is 20.0 Å². The highest BCUT2D eigenvalue weighted by atomic mass is 19.2. The van der Waals surface area contributed by atoms with E-state index < -0.39 is 46.5 Å². The molecule has 4 aromatic carbocycles. The maximum absolute atomic E-state index is 13.3. The summed E-state index contributed by atoms with van der Waals surface area (Å²) in [7, 11) is 0. The van der Waals surface area contributed by atoms with Gasteiger partial charge in [-0.2, -0.15) is 0 Å². The molecule has 0 atom stereocenters. The van der Waals surface area contributed by atoms with Gasteiger partial charge in [-0.05, 0) is 74.2 Å². The Kier molecular flexibility index (Phi) is 15.8. The Hall–Kier alpha value is -5.00. The third kappa shape index (κ3) is 12.3. The summed E-state index contributed by atoms with van der Waals surface area (Å²) in [5.41, 5.74) is -0.646. The van der Waals surface area contributed by atoms with Gasteiger partial charge < -0.3 is 0 Å². The van der Waals surface area contributed by atoms with E-state index in [9.17, 15) is 35.1 Å². The first-order valence-corrected chi connectivity index (χ1v) is 14.9. The van der Waals surface area contributed by atoms with Crippen molar-refractivity contribution in [3.63, 3.8) is 0 Å². The lowest BCUT2D eigenvalue weighted by atomic mass is 10.2. The van der Waals surface area contributed by atoms with Crippen LogP contribution < -0.4 is 0 Å². The molecule has 0 saturated heterocycles. The van der Waals surface area contributed by atoms with Crippen LogP contribution in [0.2, 0.25) is 0 Å². The van der Waals surface area contributed by atoms with Crippen molar-refractivity contribution in [1.82, 2.24) is 0 Å². The minimum Gasteiger partial charge on any atom is -0.292 e. The number of hydrogen-bond donors (Lipinski definition) is 0. The maximum atomic E-state index is 13.3. The van der Waals surface area contributed by atoms with Crippen LogP contribution in [0.4, 0.5) is 35.1 Å². The standard InChI is InChI=1S/2C18H16F4N2/c2*19-15-5-3-6-16(20)13(15)11-23-9-1-2-10-24-12-14-17(21)7-4-8-18(14)22/h2*3-8,11-12H,1-2,9-10H2. The Morgan fingerprint density at radius 3 is 0.646 bits per heavy atom. The van der Waals surface area contributed by atoms with Gasteiger partial charge in [-0.15, -0.1) is 0 Å². The van der Waals surface area contributed by atoms with Crippen LogP contribution in [0.1, 0.15) is 47.9 Å². The number of halogens is 8. The number of unbranched alkanes of at least 4 members (excludes halogenated alkanes) is 2. The van der Waals surface area contributed by atoms with E-state index >= 15 is 0 Å². The lowest BCUT2D eigenvalue weighted by Gasteiger charge is -1.99. The highest BCUT2D eigenvalue weighted by Gasteiger charge is 2.07. The van der Waals surface area contributed by atoms with Crippen LogP contribution >= 0.6 is 0 Å². The topological polar surface area (TPSA) is 49.4 Å². The largest absolute Gasteiger partial charge is 0.292 e. The normalized spacial score (nSPS) is 11.7. The Bertz CT molecular complexity index is 1400. The van der Waals surface area contributed by atoms with Crippen molar-refractivity contribution in [2.24, 2.45) is 20.0 Å². The van der Waals surface area contributed by atoms with Crippen LogP contribution in [0.25, 0.3) is 0 Å². The van der Waals surface area contributed by atoms with E-state index in [0.717, 1.165) is 0 Å². The molecule has 4 nitrogen and oxygen atoms in total. The summed E-state index contributed by atoms with van der Waals surface area (Å²) in [5, 5.41) is 0. The maximum Gasteiger partial charge on any atom is 0.134 e. The molecule has 0 unspecified atom stereocenters. The van der Waals surface area contributed by atoms with E-state index in [0.29, 0.717) is 51.9 Å². The van der Waals surface area contributed by atoms with Crippen LogP contribution in [-0.4, -0.2) is 51.0 Å². The van der Waals surface area contributed by atoms with Crippen molar-refractivity contribution >= 4 is 24.9 Å². The molecule has 12 heteroatoms. The summed E-state index contributed by atoms with van der Waals surface area (Å²) in [6.45, 7) is 1.55. The highest BCUT2D eigenvalue weighted by molar-refractivity contribution is 5.81. The number of benzene rings is 4. The van der Waals surface area contributed by atoms with Crippen LogP contribution in [0, 0.1) is 46.5 Å². The monoisotopic (exact) mass is 672 g/mol. The minimum atomic E-state index is -0.657. The third-order valence-electron chi connectivity index (χ3n) is 6.53. The van der Waals surface area contributed by atoms with Gasteiger partial charge >= 0.3 is 0 Å². The number of nitrogens with zero attached hydrogens (tertiary/aromatic N) is 4. The summed E-state index contributed by atoms with van der Waals surface area (Å²) in [6.07, 6.45) is 7.25. The van der Waals surface area contributed by atoms with Crippen molar-refractivity contribution < 1.29 is 35.1 Å². The molecule has 0 aliphatic heterocycles. The first kappa shape index (κ1) is 37.5. The lowest BCUT2D eigenvalue weighted by Crippen LogP contribution is -1.96. The Morgan fingerprint density at radius 1 is 0.312 bits per heavy atom. The highest BCUT2D eigenvalue weighted by Crippen LogP contribution is 2.12. The van der Waals surface area contributed by atoms with Gasteiger partial charge in [0.1, 0.15) is 46.5 Å². The summed E-state index contributed by atoms with van der Waals surface area (Å²) >= 11 is 0. The molecule has 0 radical (unpaired) electrons. The van der Waals surface area contributed by atoms with Gasteiger partial charge in [-0.25, -0.2) is 35.1 Å². The Morgan fingerprint density at radius 2 is 0.479 bits per heavy atom. The van der Waals surface area contributed by atoms with E-state index in [1.165, 1.54) is 97.7 Å². The van der Waals surface area contributed by atoms with Gasteiger partial charge in [0.05, 0.1) is 22.3 Å². The molecule has 0 heterocycles. The molecule has 0 amide bonds. The van der Waals surface area contributed by atoms with Gasteiger partial charge in [0, 0.05) is 51.0 Å². The first-order valence-electron chi connectivity index (χ1n) is 14.9. The van der Waals surface area contributed by atoms with Crippen molar-refractivity contribution in [3.05, 3.63) is 142 Å². The Balaban J connectivity index is 0.000000260. The number of rotatable bonds is 14. The van der Waals surface area contributed by atoms with Crippen LogP contribution in [-0.2, 0) is 0 Å². The molecule has 0 aromatic heterocycles. The Labute approximate surface area is 273 Å². The van der Waals surface area contributed by atoms with Crippen molar-refractivity contribution in [2.45, 2.75) is 25.7 Å².